The molecular formula is C23H24N. The zero-order valence-corrected chi connectivity index (χ0v) is 15.1. The molecule has 0 aliphatic heterocycles. The van der Waals surface area contributed by atoms with E-state index in [2.05, 4.69) is 88.0 Å². The SMILES string of the molecule is Cc1ccc(N(c2cc[c]cc2)c2c(C)cc(C)cc2C)c(C)c1. The molecule has 0 heterocycles. The van der Waals surface area contributed by atoms with Crippen LogP contribution in [0.4, 0.5) is 17.1 Å². The van der Waals surface area contributed by atoms with E-state index in [0.717, 1.165) is 5.69 Å². The minimum absolute atomic E-state index is 1.16. The van der Waals surface area contributed by atoms with E-state index in [9.17, 15) is 0 Å². The Labute approximate surface area is 145 Å². The largest absolute Gasteiger partial charge is 0.310 e. The summed E-state index contributed by atoms with van der Waals surface area (Å²) in [4.78, 5) is 2.37. The summed E-state index contributed by atoms with van der Waals surface area (Å²) < 4.78 is 0. The summed E-state index contributed by atoms with van der Waals surface area (Å²) in [6.07, 6.45) is 0. The van der Waals surface area contributed by atoms with Crippen molar-refractivity contribution in [1.29, 1.82) is 0 Å². The van der Waals surface area contributed by atoms with E-state index in [1.165, 1.54) is 39.2 Å². The Kier molecular flexibility index (Phi) is 4.44. The van der Waals surface area contributed by atoms with Gasteiger partial charge < -0.3 is 4.90 Å². The lowest BCUT2D eigenvalue weighted by molar-refractivity contribution is 1.18. The van der Waals surface area contributed by atoms with Crippen LogP contribution < -0.4 is 4.90 Å². The fraction of sp³-hybridized carbons (Fsp3) is 0.217. The number of benzene rings is 3. The number of hydrogen-bond donors (Lipinski definition) is 0. The fourth-order valence-electron chi connectivity index (χ4n) is 3.50. The topological polar surface area (TPSA) is 3.24 Å². The Morgan fingerprint density at radius 2 is 1.25 bits per heavy atom. The lowest BCUT2D eigenvalue weighted by atomic mass is 10.0. The monoisotopic (exact) mass is 314 g/mol. The van der Waals surface area contributed by atoms with Gasteiger partial charge in [-0.2, -0.15) is 0 Å². The zero-order chi connectivity index (χ0) is 17.3. The van der Waals surface area contributed by atoms with E-state index in [0.29, 0.717) is 0 Å². The van der Waals surface area contributed by atoms with Crippen LogP contribution in [0.5, 0.6) is 0 Å². The summed E-state index contributed by atoms with van der Waals surface area (Å²) in [5, 5.41) is 0. The number of nitrogens with zero attached hydrogens (tertiary/aromatic N) is 1. The summed E-state index contributed by atoms with van der Waals surface area (Å²) in [5.41, 5.74) is 10.1. The summed E-state index contributed by atoms with van der Waals surface area (Å²) in [6, 6.07) is 22.5. The van der Waals surface area contributed by atoms with Crippen molar-refractivity contribution in [2.45, 2.75) is 34.6 Å². The minimum Gasteiger partial charge on any atom is -0.310 e. The van der Waals surface area contributed by atoms with Crippen LogP contribution in [0.25, 0.3) is 0 Å². The van der Waals surface area contributed by atoms with Crippen molar-refractivity contribution >= 4 is 17.1 Å². The summed E-state index contributed by atoms with van der Waals surface area (Å²) in [6.45, 7) is 10.9. The molecule has 0 spiro atoms. The molecule has 0 saturated heterocycles. The predicted molar refractivity (Wildman–Crippen MR) is 104 cm³/mol. The van der Waals surface area contributed by atoms with Crippen molar-refractivity contribution in [2.24, 2.45) is 0 Å². The molecule has 1 nitrogen and oxygen atoms in total. The van der Waals surface area contributed by atoms with E-state index in [1.54, 1.807) is 0 Å². The number of hydrogen-bond acceptors (Lipinski definition) is 1. The van der Waals surface area contributed by atoms with Crippen LogP contribution in [-0.2, 0) is 0 Å². The van der Waals surface area contributed by atoms with Crippen LogP contribution >= 0.6 is 0 Å². The third-order valence-electron chi connectivity index (χ3n) is 4.41. The Morgan fingerprint density at radius 1 is 0.667 bits per heavy atom. The number of aryl methyl sites for hydroxylation is 5. The number of rotatable bonds is 3. The third-order valence-corrected chi connectivity index (χ3v) is 4.41. The quantitative estimate of drug-likeness (QED) is 0.533. The van der Waals surface area contributed by atoms with E-state index >= 15 is 0 Å². The van der Waals surface area contributed by atoms with E-state index < -0.39 is 0 Å². The van der Waals surface area contributed by atoms with Crippen LogP contribution in [0.15, 0.2) is 54.6 Å². The second-order valence-corrected chi connectivity index (χ2v) is 6.63. The Balaban J connectivity index is 2.28. The van der Waals surface area contributed by atoms with Gasteiger partial charge in [-0.1, -0.05) is 47.5 Å². The smallest absolute Gasteiger partial charge is 0.0520 e. The maximum absolute atomic E-state index is 3.13. The standard InChI is InChI=1S/C23H24N/c1-16-11-12-22(18(3)13-16)24(21-9-7-6-8-10-21)23-19(4)14-17(2)15-20(23)5/h7-15H,1-5H3. The molecule has 3 rings (SSSR count). The average Bonchev–Trinajstić information content (AvgIpc) is 2.52. The van der Waals surface area contributed by atoms with Crippen LogP contribution in [-0.4, -0.2) is 0 Å². The first-order chi connectivity index (χ1) is 11.5. The minimum atomic E-state index is 1.16. The molecular weight excluding hydrogens is 290 g/mol. The van der Waals surface area contributed by atoms with Crippen molar-refractivity contribution in [3.05, 3.63) is 88.5 Å². The molecule has 0 bridgehead atoms. The van der Waals surface area contributed by atoms with Gasteiger partial charge in [-0.15, -0.1) is 0 Å². The molecule has 0 aliphatic rings. The number of anilines is 3. The molecule has 0 saturated carbocycles. The van der Waals surface area contributed by atoms with Gasteiger partial charge in [0.25, 0.3) is 0 Å². The lowest BCUT2D eigenvalue weighted by Gasteiger charge is -2.30. The molecule has 0 aliphatic carbocycles. The van der Waals surface area contributed by atoms with Gasteiger partial charge in [0, 0.05) is 11.4 Å². The highest BCUT2D eigenvalue weighted by atomic mass is 15.1. The molecule has 24 heavy (non-hydrogen) atoms. The molecule has 0 unspecified atom stereocenters. The molecule has 3 aromatic rings. The van der Waals surface area contributed by atoms with Gasteiger partial charge in [0.15, 0.2) is 0 Å². The maximum atomic E-state index is 3.13. The van der Waals surface area contributed by atoms with E-state index in [4.69, 9.17) is 0 Å². The molecule has 0 atom stereocenters. The van der Waals surface area contributed by atoms with Gasteiger partial charge in [0.2, 0.25) is 0 Å². The van der Waals surface area contributed by atoms with Crippen molar-refractivity contribution in [3.63, 3.8) is 0 Å². The van der Waals surface area contributed by atoms with Gasteiger partial charge in [0.05, 0.1) is 5.69 Å². The van der Waals surface area contributed by atoms with Crippen LogP contribution in [0.2, 0.25) is 0 Å². The van der Waals surface area contributed by atoms with Gasteiger partial charge >= 0.3 is 0 Å². The normalized spacial score (nSPS) is 10.7. The highest BCUT2D eigenvalue weighted by molar-refractivity contribution is 5.82. The molecule has 0 N–H and O–H groups in total. The molecule has 0 fully saturated rings. The Hall–Kier alpha value is -2.54. The van der Waals surface area contributed by atoms with Crippen molar-refractivity contribution < 1.29 is 0 Å². The fourth-order valence-corrected chi connectivity index (χ4v) is 3.50. The van der Waals surface area contributed by atoms with E-state index in [-0.39, 0.29) is 0 Å². The third kappa shape index (κ3) is 3.07. The highest BCUT2D eigenvalue weighted by Crippen LogP contribution is 2.40. The second kappa shape index (κ2) is 6.52. The first-order valence-electron chi connectivity index (χ1n) is 8.38. The first kappa shape index (κ1) is 16.3. The summed E-state index contributed by atoms with van der Waals surface area (Å²) in [5.74, 6) is 0. The van der Waals surface area contributed by atoms with Crippen molar-refractivity contribution in [1.82, 2.24) is 0 Å². The molecule has 121 valence electrons. The first-order valence-corrected chi connectivity index (χ1v) is 8.38. The Bertz CT molecular complexity index is 839. The molecule has 1 radical (unpaired) electrons. The molecule has 0 amide bonds. The Morgan fingerprint density at radius 3 is 1.83 bits per heavy atom. The average molecular weight is 314 g/mol. The van der Waals surface area contributed by atoms with Gasteiger partial charge in [-0.25, -0.2) is 0 Å². The molecule has 1 heteroatoms. The van der Waals surface area contributed by atoms with Crippen molar-refractivity contribution in [3.8, 4) is 0 Å². The lowest BCUT2D eigenvalue weighted by Crippen LogP contribution is -2.14. The van der Waals surface area contributed by atoms with Crippen LogP contribution in [0.3, 0.4) is 0 Å². The zero-order valence-electron chi connectivity index (χ0n) is 15.1. The summed E-state index contributed by atoms with van der Waals surface area (Å²) >= 11 is 0. The second-order valence-electron chi connectivity index (χ2n) is 6.63. The van der Waals surface area contributed by atoms with Gasteiger partial charge in [-0.3, -0.25) is 0 Å². The predicted octanol–water partition coefficient (Wildman–Crippen LogP) is 6.50. The summed E-state index contributed by atoms with van der Waals surface area (Å²) in [7, 11) is 0. The van der Waals surface area contributed by atoms with Crippen LogP contribution in [0.1, 0.15) is 27.8 Å². The maximum Gasteiger partial charge on any atom is 0.0520 e. The highest BCUT2D eigenvalue weighted by Gasteiger charge is 2.18. The van der Waals surface area contributed by atoms with Crippen LogP contribution in [0, 0.1) is 40.7 Å². The van der Waals surface area contributed by atoms with E-state index in [1.807, 2.05) is 12.1 Å². The molecule has 0 aromatic heterocycles. The molecule has 3 aromatic carbocycles. The van der Waals surface area contributed by atoms with Gasteiger partial charge in [-0.05, 0) is 75.6 Å². The van der Waals surface area contributed by atoms with Crippen molar-refractivity contribution in [2.75, 3.05) is 4.90 Å². The van der Waals surface area contributed by atoms with Gasteiger partial charge in [0.1, 0.15) is 0 Å².